The Kier molecular flexibility index (Phi) is 6.42. The number of ether oxygens (including phenoxy) is 2. The maximum absolute atomic E-state index is 13.5. The number of hydrogen-bond acceptors (Lipinski definition) is 6. The number of nitrogens with zero attached hydrogens (tertiary/aromatic N) is 2. The molecule has 0 amide bonds. The maximum atomic E-state index is 13.5. The summed E-state index contributed by atoms with van der Waals surface area (Å²) in [4.78, 5) is 8.04. The van der Waals surface area contributed by atoms with Gasteiger partial charge in [0, 0.05) is 28.5 Å². The summed E-state index contributed by atoms with van der Waals surface area (Å²) < 4.78 is 39.0. The fourth-order valence-electron chi connectivity index (χ4n) is 4.92. The Labute approximate surface area is 196 Å². The van der Waals surface area contributed by atoms with Gasteiger partial charge in [0.25, 0.3) is 0 Å². The summed E-state index contributed by atoms with van der Waals surface area (Å²) in [5, 5.41) is 0.528. The number of hydrogen-bond donors (Lipinski definition) is 1. The van der Waals surface area contributed by atoms with Crippen LogP contribution in [-0.2, 0) is 21.7 Å². The molecule has 2 aliphatic rings. The molecule has 2 aromatic carbocycles. The minimum absolute atomic E-state index is 0.218. The third kappa shape index (κ3) is 4.66. The van der Waals surface area contributed by atoms with Crippen molar-refractivity contribution < 1.29 is 18.3 Å². The van der Waals surface area contributed by atoms with Crippen LogP contribution in [0.2, 0.25) is 0 Å². The first kappa shape index (κ1) is 22.4. The molecule has 33 heavy (non-hydrogen) atoms. The second kappa shape index (κ2) is 9.46. The zero-order valence-corrected chi connectivity index (χ0v) is 19.1. The SMILES string of the molecule is Nc1nc(-c2ccc(F)cc2)c(CCN2CCC(C3(c4ccc(F)cc4)OCCO3)CC2)s1. The molecule has 0 unspecified atom stereocenters. The van der Waals surface area contributed by atoms with Crippen molar-refractivity contribution in [1.29, 1.82) is 0 Å². The van der Waals surface area contributed by atoms with E-state index in [1.807, 2.05) is 0 Å². The number of nitrogens with two attached hydrogens (primary N) is 1. The van der Waals surface area contributed by atoms with Crippen LogP contribution in [0.15, 0.2) is 48.5 Å². The van der Waals surface area contributed by atoms with Gasteiger partial charge in [-0.3, -0.25) is 0 Å². The van der Waals surface area contributed by atoms with Gasteiger partial charge in [0.05, 0.1) is 18.9 Å². The van der Waals surface area contributed by atoms with Crippen LogP contribution in [0.25, 0.3) is 11.3 Å². The van der Waals surface area contributed by atoms with Gasteiger partial charge in [-0.25, -0.2) is 13.8 Å². The van der Waals surface area contributed by atoms with Crippen LogP contribution in [0.1, 0.15) is 23.3 Å². The zero-order valence-electron chi connectivity index (χ0n) is 18.3. The average Bonchev–Trinajstić information content (AvgIpc) is 3.47. The van der Waals surface area contributed by atoms with Gasteiger partial charge in [-0.2, -0.15) is 0 Å². The Morgan fingerprint density at radius 2 is 1.58 bits per heavy atom. The van der Waals surface area contributed by atoms with E-state index in [-0.39, 0.29) is 17.6 Å². The summed E-state index contributed by atoms with van der Waals surface area (Å²) in [5.41, 5.74) is 8.61. The van der Waals surface area contributed by atoms with E-state index in [9.17, 15) is 8.78 Å². The van der Waals surface area contributed by atoms with E-state index in [0.29, 0.717) is 18.3 Å². The molecular weight excluding hydrogens is 444 g/mol. The second-order valence-electron chi connectivity index (χ2n) is 8.57. The van der Waals surface area contributed by atoms with E-state index in [2.05, 4.69) is 9.88 Å². The lowest BCUT2D eigenvalue weighted by Gasteiger charge is -2.41. The Bertz CT molecular complexity index is 1070. The van der Waals surface area contributed by atoms with E-state index in [1.165, 1.54) is 35.6 Å². The van der Waals surface area contributed by atoms with Crippen LogP contribution in [0.4, 0.5) is 13.9 Å². The predicted molar refractivity (Wildman–Crippen MR) is 125 cm³/mol. The molecule has 5 nitrogen and oxygen atoms in total. The molecule has 2 fully saturated rings. The lowest BCUT2D eigenvalue weighted by Crippen LogP contribution is -2.44. The molecule has 3 aromatic rings. The summed E-state index contributed by atoms with van der Waals surface area (Å²) in [6.07, 6.45) is 2.71. The number of thiazole rings is 1. The highest BCUT2D eigenvalue weighted by Crippen LogP contribution is 2.43. The number of likely N-dealkylation sites (tertiary alicyclic amines) is 1. The standard InChI is InChI=1S/C25H27F2N3O2S/c26-20-5-1-17(2-6-20)23-22(33-24(28)29-23)11-14-30-12-9-19(10-13-30)25(31-15-16-32-25)18-3-7-21(27)8-4-18/h1-8,19H,9-16H2,(H2,28,29). The van der Waals surface area contributed by atoms with Crippen molar-refractivity contribution in [1.82, 2.24) is 9.88 Å². The monoisotopic (exact) mass is 471 g/mol. The minimum atomic E-state index is -0.776. The molecule has 5 rings (SSSR count). The first-order valence-corrected chi connectivity index (χ1v) is 12.1. The normalized spacial score (nSPS) is 19.2. The van der Waals surface area contributed by atoms with Crippen molar-refractivity contribution in [2.24, 2.45) is 5.92 Å². The van der Waals surface area contributed by atoms with Crippen LogP contribution in [-0.4, -0.2) is 42.7 Å². The Morgan fingerprint density at radius 1 is 0.970 bits per heavy atom. The van der Waals surface area contributed by atoms with Gasteiger partial charge in [-0.05, 0) is 68.8 Å². The molecular formula is C25H27F2N3O2S. The first-order chi connectivity index (χ1) is 16.0. The molecule has 0 aliphatic carbocycles. The Morgan fingerprint density at radius 3 is 2.21 bits per heavy atom. The van der Waals surface area contributed by atoms with Gasteiger partial charge in [0.2, 0.25) is 0 Å². The summed E-state index contributed by atoms with van der Waals surface area (Å²) in [6.45, 7) is 3.86. The minimum Gasteiger partial charge on any atom is -0.375 e. The number of rotatable bonds is 6. The van der Waals surface area contributed by atoms with E-state index in [0.717, 1.165) is 60.6 Å². The highest BCUT2D eigenvalue weighted by molar-refractivity contribution is 7.15. The largest absolute Gasteiger partial charge is 0.375 e. The molecule has 0 radical (unpaired) electrons. The molecule has 0 saturated carbocycles. The van der Waals surface area contributed by atoms with Crippen molar-refractivity contribution in [2.75, 3.05) is 38.6 Å². The van der Waals surface area contributed by atoms with Crippen molar-refractivity contribution in [3.8, 4) is 11.3 Å². The van der Waals surface area contributed by atoms with E-state index in [4.69, 9.17) is 15.2 Å². The summed E-state index contributed by atoms with van der Waals surface area (Å²) in [6, 6.07) is 12.9. The fourth-order valence-corrected chi connectivity index (χ4v) is 5.76. The van der Waals surface area contributed by atoms with Gasteiger partial charge >= 0.3 is 0 Å². The molecule has 174 valence electrons. The molecule has 0 bridgehead atoms. The predicted octanol–water partition coefficient (Wildman–Crippen LogP) is 4.82. The van der Waals surface area contributed by atoms with E-state index in [1.54, 1.807) is 24.3 Å². The quantitative estimate of drug-likeness (QED) is 0.558. The van der Waals surface area contributed by atoms with Crippen LogP contribution in [0.5, 0.6) is 0 Å². The second-order valence-corrected chi connectivity index (χ2v) is 9.68. The number of nitrogen functional groups attached to an aromatic ring is 1. The molecule has 8 heteroatoms. The third-order valence-electron chi connectivity index (χ3n) is 6.57. The van der Waals surface area contributed by atoms with Gasteiger partial charge in [-0.15, -0.1) is 11.3 Å². The zero-order chi connectivity index (χ0) is 22.8. The lowest BCUT2D eigenvalue weighted by molar-refractivity contribution is -0.214. The molecule has 1 aromatic heterocycles. The van der Waals surface area contributed by atoms with Crippen molar-refractivity contribution >= 4 is 16.5 Å². The molecule has 2 N–H and O–H groups in total. The Hall–Kier alpha value is -2.39. The molecule has 0 atom stereocenters. The smallest absolute Gasteiger partial charge is 0.197 e. The van der Waals surface area contributed by atoms with Gasteiger partial charge < -0.3 is 20.1 Å². The van der Waals surface area contributed by atoms with Crippen LogP contribution < -0.4 is 5.73 Å². The number of aromatic nitrogens is 1. The summed E-state index contributed by atoms with van der Waals surface area (Å²) >= 11 is 1.50. The van der Waals surface area contributed by atoms with E-state index < -0.39 is 5.79 Å². The van der Waals surface area contributed by atoms with Crippen LogP contribution in [0, 0.1) is 17.6 Å². The highest BCUT2D eigenvalue weighted by Gasteiger charge is 2.46. The van der Waals surface area contributed by atoms with Crippen molar-refractivity contribution in [3.63, 3.8) is 0 Å². The Balaban J connectivity index is 1.23. The molecule has 3 heterocycles. The number of piperidine rings is 1. The highest BCUT2D eigenvalue weighted by atomic mass is 32.1. The van der Waals surface area contributed by atoms with Crippen LogP contribution >= 0.6 is 11.3 Å². The number of anilines is 1. The van der Waals surface area contributed by atoms with Crippen molar-refractivity contribution in [2.45, 2.75) is 25.0 Å². The number of benzene rings is 2. The average molecular weight is 472 g/mol. The van der Waals surface area contributed by atoms with Gasteiger partial charge in [0.1, 0.15) is 11.6 Å². The first-order valence-electron chi connectivity index (χ1n) is 11.3. The molecule has 0 spiro atoms. The molecule has 2 saturated heterocycles. The topological polar surface area (TPSA) is 60.6 Å². The third-order valence-corrected chi connectivity index (χ3v) is 7.52. The number of halogens is 2. The van der Waals surface area contributed by atoms with Crippen LogP contribution in [0.3, 0.4) is 0 Å². The van der Waals surface area contributed by atoms with Gasteiger partial charge in [0.15, 0.2) is 10.9 Å². The summed E-state index contributed by atoms with van der Waals surface area (Å²) in [7, 11) is 0. The van der Waals surface area contributed by atoms with Gasteiger partial charge in [-0.1, -0.05) is 12.1 Å². The van der Waals surface area contributed by atoms with Crippen molar-refractivity contribution in [3.05, 3.63) is 70.6 Å². The molecule has 2 aliphatic heterocycles. The summed E-state index contributed by atoms with van der Waals surface area (Å²) in [5.74, 6) is -1.08. The fraction of sp³-hybridized carbons (Fsp3) is 0.400. The lowest BCUT2D eigenvalue weighted by atomic mass is 9.84. The maximum Gasteiger partial charge on any atom is 0.197 e. The van der Waals surface area contributed by atoms with E-state index >= 15 is 0 Å².